The minimum Gasteiger partial charge on any atom is -0.381 e. The number of pyridine rings is 1. The molecule has 2 rings (SSSR count). The van der Waals surface area contributed by atoms with Crippen LogP contribution < -0.4 is 5.43 Å². The highest BCUT2D eigenvalue weighted by molar-refractivity contribution is 5.94. The molecular formula is C12H15N3O2. The van der Waals surface area contributed by atoms with E-state index in [1.165, 1.54) is 0 Å². The van der Waals surface area contributed by atoms with E-state index in [1.807, 2.05) is 0 Å². The summed E-state index contributed by atoms with van der Waals surface area (Å²) in [5.74, 6) is 0.192. The number of rotatable bonds is 3. The predicted octanol–water partition coefficient (Wildman–Crippen LogP) is 1.22. The van der Waals surface area contributed by atoms with Crippen molar-refractivity contribution in [1.82, 2.24) is 10.4 Å². The molecule has 90 valence electrons. The van der Waals surface area contributed by atoms with Gasteiger partial charge in [0.05, 0.1) is 0 Å². The number of aromatic nitrogens is 1. The van der Waals surface area contributed by atoms with Gasteiger partial charge in [-0.25, -0.2) is 5.43 Å². The number of nitrogens with one attached hydrogen (secondary N) is 1. The first-order valence-electron chi connectivity index (χ1n) is 5.67. The molecule has 0 saturated carbocycles. The van der Waals surface area contributed by atoms with Crippen LogP contribution in [0.2, 0.25) is 0 Å². The lowest BCUT2D eigenvalue weighted by atomic mass is 10.0. The molecule has 1 fully saturated rings. The van der Waals surface area contributed by atoms with Crippen LogP contribution in [0.15, 0.2) is 29.6 Å². The lowest BCUT2D eigenvalue weighted by Gasteiger charge is -2.17. The molecule has 1 aromatic heterocycles. The maximum atomic E-state index is 11.6. The molecule has 2 heterocycles. The molecule has 1 saturated heterocycles. The first-order chi connectivity index (χ1) is 8.36. The summed E-state index contributed by atoms with van der Waals surface area (Å²) in [5.41, 5.74) is 3.07. The molecule has 1 aliphatic rings. The van der Waals surface area contributed by atoms with Crippen molar-refractivity contribution in [2.45, 2.75) is 12.8 Å². The van der Waals surface area contributed by atoms with Crippen LogP contribution in [0.25, 0.3) is 0 Å². The predicted molar refractivity (Wildman–Crippen MR) is 63.7 cm³/mol. The fourth-order valence-electron chi connectivity index (χ4n) is 1.63. The molecule has 0 aromatic carbocycles. The summed E-state index contributed by atoms with van der Waals surface area (Å²) in [5, 5.41) is 3.97. The zero-order valence-electron chi connectivity index (χ0n) is 9.50. The Morgan fingerprint density at radius 3 is 2.82 bits per heavy atom. The van der Waals surface area contributed by atoms with Gasteiger partial charge in [-0.2, -0.15) is 5.10 Å². The molecular weight excluding hydrogens is 218 g/mol. The van der Waals surface area contributed by atoms with Crippen LogP contribution in [-0.2, 0) is 4.74 Å². The van der Waals surface area contributed by atoms with Crippen molar-refractivity contribution in [3.8, 4) is 0 Å². The third-order valence-corrected chi connectivity index (χ3v) is 2.66. The van der Waals surface area contributed by atoms with E-state index in [2.05, 4.69) is 15.5 Å². The van der Waals surface area contributed by atoms with E-state index in [0.717, 1.165) is 26.1 Å². The Balaban J connectivity index is 1.81. The molecule has 0 aliphatic carbocycles. The second-order valence-corrected chi connectivity index (χ2v) is 3.90. The number of hydrogen-bond acceptors (Lipinski definition) is 4. The van der Waals surface area contributed by atoms with Crippen molar-refractivity contribution in [3.63, 3.8) is 0 Å². The average molecular weight is 233 g/mol. The normalized spacial score (nSPS) is 17.2. The van der Waals surface area contributed by atoms with E-state index >= 15 is 0 Å². The van der Waals surface area contributed by atoms with Crippen molar-refractivity contribution in [1.29, 1.82) is 0 Å². The van der Waals surface area contributed by atoms with Crippen LogP contribution in [0, 0.1) is 5.92 Å². The summed E-state index contributed by atoms with van der Waals surface area (Å²) >= 11 is 0. The molecule has 1 amide bonds. The Hall–Kier alpha value is -1.75. The van der Waals surface area contributed by atoms with E-state index < -0.39 is 0 Å². The Morgan fingerprint density at radius 2 is 2.12 bits per heavy atom. The van der Waals surface area contributed by atoms with Gasteiger partial charge >= 0.3 is 0 Å². The SMILES string of the molecule is O=C(N/N=C/C1CCOCC1)c1ccncc1. The minimum atomic E-state index is -0.212. The molecule has 0 radical (unpaired) electrons. The third kappa shape index (κ3) is 3.64. The highest BCUT2D eigenvalue weighted by atomic mass is 16.5. The van der Waals surface area contributed by atoms with Crippen LogP contribution in [0.1, 0.15) is 23.2 Å². The van der Waals surface area contributed by atoms with Gasteiger partial charge in [-0.05, 0) is 25.0 Å². The Labute approximate surface area is 99.9 Å². The van der Waals surface area contributed by atoms with E-state index in [0.29, 0.717) is 11.5 Å². The highest BCUT2D eigenvalue weighted by Crippen LogP contribution is 2.11. The largest absolute Gasteiger partial charge is 0.381 e. The quantitative estimate of drug-likeness (QED) is 0.630. The second-order valence-electron chi connectivity index (χ2n) is 3.90. The summed E-state index contributed by atoms with van der Waals surface area (Å²) in [6.07, 6.45) is 6.89. The molecule has 0 atom stereocenters. The average Bonchev–Trinajstić information content (AvgIpc) is 2.41. The first kappa shape index (κ1) is 11.7. The standard InChI is InChI=1S/C12H15N3O2/c16-12(11-1-5-13-6-2-11)15-14-9-10-3-7-17-8-4-10/h1-2,5-6,9-10H,3-4,7-8H2,(H,15,16)/b14-9+. The van der Waals surface area contributed by atoms with Crippen LogP contribution in [-0.4, -0.2) is 30.3 Å². The number of carbonyl (C=O) groups is 1. The summed E-state index contributed by atoms with van der Waals surface area (Å²) in [7, 11) is 0. The fourth-order valence-corrected chi connectivity index (χ4v) is 1.63. The number of hydrazone groups is 1. The van der Waals surface area contributed by atoms with Crippen LogP contribution in [0.4, 0.5) is 0 Å². The van der Waals surface area contributed by atoms with Gasteiger partial charge in [0.2, 0.25) is 0 Å². The van der Waals surface area contributed by atoms with Gasteiger partial charge in [0, 0.05) is 43.3 Å². The Bertz CT molecular complexity index is 386. The Kier molecular flexibility index (Phi) is 4.21. The zero-order valence-corrected chi connectivity index (χ0v) is 9.50. The van der Waals surface area contributed by atoms with Gasteiger partial charge < -0.3 is 4.74 Å². The number of amides is 1. The zero-order chi connectivity index (χ0) is 11.9. The smallest absolute Gasteiger partial charge is 0.271 e. The van der Waals surface area contributed by atoms with E-state index in [4.69, 9.17) is 4.74 Å². The lowest BCUT2D eigenvalue weighted by Crippen LogP contribution is -2.21. The Morgan fingerprint density at radius 1 is 1.41 bits per heavy atom. The molecule has 0 unspecified atom stereocenters. The molecule has 5 nitrogen and oxygen atoms in total. The van der Waals surface area contributed by atoms with Crippen molar-refractivity contribution < 1.29 is 9.53 Å². The highest BCUT2D eigenvalue weighted by Gasteiger charge is 2.11. The van der Waals surface area contributed by atoms with E-state index in [-0.39, 0.29) is 5.91 Å². The van der Waals surface area contributed by atoms with Crippen molar-refractivity contribution in [2.24, 2.45) is 11.0 Å². The van der Waals surface area contributed by atoms with Gasteiger partial charge in [0.1, 0.15) is 0 Å². The molecule has 0 spiro atoms. The summed E-state index contributed by atoms with van der Waals surface area (Å²) in [6.45, 7) is 1.55. The van der Waals surface area contributed by atoms with E-state index in [1.54, 1.807) is 30.7 Å². The topological polar surface area (TPSA) is 63.6 Å². The monoisotopic (exact) mass is 233 g/mol. The van der Waals surface area contributed by atoms with Crippen molar-refractivity contribution in [3.05, 3.63) is 30.1 Å². The summed E-state index contributed by atoms with van der Waals surface area (Å²) < 4.78 is 5.24. The van der Waals surface area contributed by atoms with Gasteiger partial charge in [-0.1, -0.05) is 0 Å². The summed E-state index contributed by atoms with van der Waals surface area (Å²) in [6, 6.07) is 3.30. The minimum absolute atomic E-state index is 0.212. The summed E-state index contributed by atoms with van der Waals surface area (Å²) in [4.78, 5) is 15.5. The number of nitrogens with zero attached hydrogens (tertiary/aromatic N) is 2. The van der Waals surface area contributed by atoms with E-state index in [9.17, 15) is 4.79 Å². The third-order valence-electron chi connectivity index (χ3n) is 2.66. The van der Waals surface area contributed by atoms with Gasteiger partial charge in [-0.3, -0.25) is 9.78 Å². The molecule has 1 aliphatic heterocycles. The lowest BCUT2D eigenvalue weighted by molar-refractivity contribution is 0.0836. The van der Waals surface area contributed by atoms with Crippen LogP contribution in [0.3, 0.4) is 0 Å². The van der Waals surface area contributed by atoms with Gasteiger partial charge in [-0.15, -0.1) is 0 Å². The maximum absolute atomic E-state index is 11.6. The molecule has 0 bridgehead atoms. The van der Waals surface area contributed by atoms with Crippen LogP contribution in [0.5, 0.6) is 0 Å². The maximum Gasteiger partial charge on any atom is 0.271 e. The van der Waals surface area contributed by atoms with Crippen molar-refractivity contribution in [2.75, 3.05) is 13.2 Å². The molecule has 17 heavy (non-hydrogen) atoms. The first-order valence-corrected chi connectivity index (χ1v) is 5.67. The second kappa shape index (κ2) is 6.10. The molecule has 1 N–H and O–H groups in total. The number of carbonyl (C=O) groups excluding carboxylic acids is 1. The van der Waals surface area contributed by atoms with Gasteiger partial charge in [0.25, 0.3) is 5.91 Å². The fraction of sp³-hybridized carbons (Fsp3) is 0.417. The van der Waals surface area contributed by atoms with Crippen molar-refractivity contribution >= 4 is 12.1 Å². The molecule has 5 heteroatoms. The number of hydrogen-bond donors (Lipinski definition) is 1. The van der Waals surface area contributed by atoms with Gasteiger partial charge in [0.15, 0.2) is 0 Å². The molecule has 1 aromatic rings. The van der Waals surface area contributed by atoms with Crippen LogP contribution >= 0.6 is 0 Å². The number of ether oxygens (including phenoxy) is 1.